The van der Waals surface area contributed by atoms with E-state index in [1.165, 1.54) is 0 Å². The fourth-order valence-corrected chi connectivity index (χ4v) is 2.69. The number of urea groups is 1. The molecule has 0 unspecified atom stereocenters. The lowest BCUT2D eigenvalue weighted by molar-refractivity contribution is -0.121. The van der Waals surface area contributed by atoms with Gasteiger partial charge >= 0.3 is 6.03 Å². The number of anilines is 1. The van der Waals surface area contributed by atoms with E-state index in [9.17, 15) is 9.59 Å². The van der Waals surface area contributed by atoms with Crippen LogP contribution in [-0.4, -0.2) is 48.9 Å². The number of hydrogen-bond acceptors (Lipinski definition) is 2. The van der Waals surface area contributed by atoms with Crippen LogP contribution in [0.15, 0.2) is 28.7 Å². The summed E-state index contributed by atoms with van der Waals surface area (Å²) >= 11 is 3.36. The van der Waals surface area contributed by atoms with E-state index in [-0.39, 0.29) is 17.9 Å². The molecule has 1 aliphatic heterocycles. The molecule has 2 rings (SSSR count). The molecule has 1 N–H and O–H groups in total. The standard InChI is InChI=1S/C15H20BrN3O2/c1-18(2)15(21)19-9-3-4-11(10-19)14(20)17-13-7-5-12(16)6-8-13/h5-8,11H,3-4,9-10H2,1-2H3,(H,17,20)/t11-/m1/s1. The Morgan fingerprint density at radius 3 is 2.57 bits per heavy atom. The van der Waals surface area contributed by atoms with Crippen molar-refractivity contribution in [2.45, 2.75) is 12.8 Å². The summed E-state index contributed by atoms with van der Waals surface area (Å²) in [5.74, 6) is -0.167. The molecule has 3 amide bonds. The smallest absolute Gasteiger partial charge is 0.319 e. The van der Waals surface area contributed by atoms with Gasteiger partial charge in [-0.05, 0) is 37.1 Å². The van der Waals surface area contributed by atoms with Gasteiger partial charge in [0.1, 0.15) is 0 Å². The monoisotopic (exact) mass is 353 g/mol. The van der Waals surface area contributed by atoms with Crippen LogP contribution in [0.2, 0.25) is 0 Å². The second-order valence-electron chi connectivity index (χ2n) is 5.46. The lowest BCUT2D eigenvalue weighted by Crippen LogP contribution is -2.47. The molecule has 0 radical (unpaired) electrons. The van der Waals surface area contributed by atoms with Crippen LogP contribution in [-0.2, 0) is 4.79 Å². The second-order valence-corrected chi connectivity index (χ2v) is 6.37. The van der Waals surface area contributed by atoms with Gasteiger partial charge in [0.05, 0.1) is 5.92 Å². The summed E-state index contributed by atoms with van der Waals surface area (Å²) in [6.07, 6.45) is 1.68. The Morgan fingerprint density at radius 1 is 1.29 bits per heavy atom. The highest BCUT2D eigenvalue weighted by Crippen LogP contribution is 2.20. The molecule has 1 aromatic carbocycles. The fourth-order valence-electron chi connectivity index (χ4n) is 2.43. The molecule has 21 heavy (non-hydrogen) atoms. The first-order valence-corrected chi connectivity index (χ1v) is 7.79. The minimum atomic E-state index is -0.147. The first kappa shape index (κ1) is 15.8. The number of carbonyl (C=O) groups excluding carboxylic acids is 2. The molecule has 1 aromatic rings. The molecule has 1 saturated heterocycles. The number of benzene rings is 1. The first-order valence-electron chi connectivity index (χ1n) is 7.00. The Bertz CT molecular complexity index is 516. The molecule has 0 aliphatic carbocycles. The third-order valence-corrected chi connectivity index (χ3v) is 4.09. The van der Waals surface area contributed by atoms with Crippen molar-refractivity contribution in [3.8, 4) is 0 Å². The molecule has 1 aliphatic rings. The average Bonchev–Trinajstić information content (AvgIpc) is 2.48. The predicted octanol–water partition coefficient (Wildman–Crippen LogP) is 2.78. The van der Waals surface area contributed by atoms with E-state index in [1.807, 2.05) is 24.3 Å². The SMILES string of the molecule is CN(C)C(=O)N1CCC[C@@H](C(=O)Nc2ccc(Br)cc2)C1. The highest BCUT2D eigenvalue weighted by molar-refractivity contribution is 9.10. The molecule has 114 valence electrons. The number of nitrogens with zero attached hydrogens (tertiary/aromatic N) is 2. The van der Waals surface area contributed by atoms with Crippen LogP contribution in [0, 0.1) is 5.92 Å². The summed E-state index contributed by atoms with van der Waals surface area (Å²) in [6, 6.07) is 7.45. The summed E-state index contributed by atoms with van der Waals surface area (Å²) < 4.78 is 0.973. The molecular weight excluding hydrogens is 334 g/mol. The number of likely N-dealkylation sites (tertiary alicyclic amines) is 1. The summed E-state index contributed by atoms with van der Waals surface area (Å²) in [6.45, 7) is 1.21. The van der Waals surface area contributed by atoms with Crippen molar-refractivity contribution in [1.29, 1.82) is 0 Å². The first-order chi connectivity index (χ1) is 9.97. The Morgan fingerprint density at radius 2 is 1.95 bits per heavy atom. The van der Waals surface area contributed by atoms with Crippen LogP contribution in [0.4, 0.5) is 10.5 Å². The number of nitrogens with one attached hydrogen (secondary N) is 1. The van der Waals surface area contributed by atoms with Crippen molar-refractivity contribution >= 4 is 33.6 Å². The molecule has 0 saturated carbocycles. The van der Waals surface area contributed by atoms with Gasteiger partial charge in [0.2, 0.25) is 5.91 Å². The number of amides is 3. The van der Waals surface area contributed by atoms with Gasteiger partial charge in [0.25, 0.3) is 0 Å². The van der Waals surface area contributed by atoms with Gasteiger partial charge in [-0.2, -0.15) is 0 Å². The number of hydrogen-bond donors (Lipinski definition) is 1. The van der Waals surface area contributed by atoms with Gasteiger partial charge in [-0.25, -0.2) is 4.79 Å². The van der Waals surface area contributed by atoms with E-state index in [1.54, 1.807) is 23.9 Å². The molecule has 6 heteroatoms. The van der Waals surface area contributed by atoms with E-state index < -0.39 is 0 Å². The fraction of sp³-hybridized carbons (Fsp3) is 0.467. The largest absolute Gasteiger partial charge is 0.331 e. The van der Waals surface area contributed by atoms with Crippen LogP contribution < -0.4 is 5.32 Å². The highest BCUT2D eigenvalue weighted by atomic mass is 79.9. The zero-order valence-electron chi connectivity index (χ0n) is 12.3. The van der Waals surface area contributed by atoms with E-state index in [4.69, 9.17) is 0 Å². The number of halogens is 1. The summed E-state index contributed by atoms with van der Waals surface area (Å²) in [7, 11) is 3.46. The molecule has 1 fully saturated rings. The van der Waals surface area contributed by atoms with E-state index in [0.717, 1.165) is 29.5 Å². The maximum Gasteiger partial charge on any atom is 0.319 e. The van der Waals surface area contributed by atoms with Gasteiger partial charge in [0.15, 0.2) is 0 Å². The van der Waals surface area contributed by atoms with Crippen LogP contribution in [0.5, 0.6) is 0 Å². The minimum absolute atomic E-state index is 0.0198. The summed E-state index contributed by atoms with van der Waals surface area (Å²) in [4.78, 5) is 27.6. The molecular formula is C15H20BrN3O2. The molecule has 1 atom stereocenters. The quantitative estimate of drug-likeness (QED) is 0.888. The van der Waals surface area contributed by atoms with Gasteiger partial charge in [-0.15, -0.1) is 0 Å². The summed E-state index contributed by atoms with van der Waals surface area (Å²) in [5.41, 5.74) is 0.777. The van der Waals surface area contributed by atoms with Crippen molar-refractivity contribution in [3.05, 3.63) is 28.7 Å². The van der Waals surface area contributed by atoms with Crippen LogP contribution in [0.1, 0.15) is 12.8 Å². The lowest BCUT2D eigenvalue weighted by Gasteiger charge is -2.33. The van der Waals surface area contributed by atoms with Crippen LogP contribution >= 0.6 is 15.9 Å². The number of carbonyl (C=O) groups is 2. The van der Waals surface area contributed by atoms with Crippen molar-refractivity contribution in [2.75, 3.05) is 32.5 Å². The van der Waals surface area contributed by atoms with E-state index in [2.05, 4.69) is 21.2 Å². The van der Waals surface area contributed by atoms with Gasteiger partial charge in [0, 0.05) is 37.3 Å². The zero-order valence-corrected chi connectivity index (χ0v) is 13.9. The minimum Gasteiger partial charge on any atom is -0.331 e. The van der Waals surface area contributed by atoms with Crippen LogP contribution in [0.25, 0.3) is 0 Å². The Balaban J connectivity index is 1.96. The predicted molar refractivity (Wildman–Crippen MR) is 86.2 cm³/mol. The van der Waals surface area contributed by atoms with Crippen molar-refractivity contribution in [2.24, 2.45) is 5.92 Å². The summed E-state index contributed by atoms with van der Waals surface area (Å²) in [5, 5.41) is 2.92. The molecule has 0 bridgehead atoms. The lowest BCUT2D eigenvalue weighted by atomic mass is 9.97. The number of piperidine rings is 1. The van der Waals surface area contributed by atoms with E-state index >= 15 is 0 Å². The van der Waals surface area contributed by atoms with E-state index in [0.29, 0.717) is 6.54 Å². The normalized spacial score (nSPS) is 18.2. The molecule has 0 aromatic heterocycles. The molecule has 0 spiro atoms. The number of rotatable bonds is 2. The van der Waals surface area contributed by atoms with Crippen molar-refractivity contribution < 1.29 is 9.59 Å². The Kier molecular flexibility index (Phi) is 5.22. The maximum absolute atomic E-state index is 12.3. The highest BCUT2D eigenvalue weighted by Gasteiger charge is 2.29. The second kappa shape index (κ2) is 6.93. The maximum atomic E-state index is 12.3. The Hall–Kier alpha value is -1.56. The van der Waals surface area contributed by atoms with Gasteiger partial charge in [-0.1, -0.05) is 15.9 Å². The van der Waals surface area contributed by atoms with Gasteiger partial charge < -0.3 is 15.1 Å². The third-order valence-electron chi connectivity index (χ3n) is 3.56. The van der Waals surface area contributed by atoms with Gasteiger partial charge in [-0.3, -0.25) is 4.79 Å². The Labute approximate surface area is 133 Å². The third kappa shape index (κ3) is 4.20. The topological polar surface area (TPSA) is 52.7 Å². The molecule has 5 nitrogen and oxygen atoms in total. The average molecular weight is 354 g/mol. The zero-order chi connectivity index (χ0) is 15.4. The van der Waals surface area contributed by atoms with Crippen molar-refractivity contribution in [3.63, 3.8) is 0 Å². The van der Waals surface area contributed by atoms with Crippen molar-refractivity contribution in [1.82, 2.24) is 9.80 Å². The molecule has 1 heterocycles. The van der Waals surface area contributed by atoms with Crippen LogP contribution in [0.3, 0.4) is 0 Å².